The summed E-state index contributed by atoms with van der Waals surface area (Å²) in [7, 11) is 0. The van der Waals surface area contributed by atoms with Gasteiger partial charge in [0.15, 0.2) is 11.6 Å². The minimum absolute atomic E-state index is 0.150. The molecule has 0 aliphatic heterocycles. The highest BCUT2D eigenvalue weighted by atomic mass is 19.1. The zero-order valence-corrected chi connectivity index (χ0v) is 17.1. The van der Waals surface area contributed by atoms with E-state index in [0.717, 1.165) is 5.56 Å². The molecule has 0 saturated heterocycles. The summed E-state index contributed by atoms with van der Waals surface area (Å²) in [5, 5.41) is 0. The van der Waals surface area contributed by atoms with Crippen LogP contribution in [0.3, 0.4) is 0 Å². The Hall–Kier alpha value is -3.34. The molecule has 156 valence electrons. The van der Waals surface area contributed by atoms with Crippen molar-refractivity contribution in [3.8, 4) is 17.2 Å². The molecule has 0 N–H and O–H groups in total. The number of hydrogen-bond donors (Lipinski definition) is 0. The second kappa shape index (κ2) is 10.4. The lowest BCUT2D eigenvalue weighted by atomic mass is 10.1. The van der Waals surface area contributed by atoms with E-state index in [2.05, 4.69) is 0 Å². The Morgan fingerprint density at radius 3 is 2.43 bits per heavy atom. The van der Waals surface area contributed by atoms with Gasteiger partial charge in [0.2, 0.25) is 0 Å². The Morgan fingerprint density at radius 1 is 0.967 bits per heavy atom. The van der Waals surface area contributed by atoms with Gasteiger partial charge in [0.1, 0.15) is 17.6 Å². The molecule has 3 rings (SSSR count). The Labute approximate surface area is 176 Å². The van der Waals surface area contributed by atoms with Crippen LogP contribution in [-0.2, 0) is 16.0 Å². The monoisotopic (exact) mass is 408 g/mol. The van der Waals surface area contributed by atoms with E-state index in [0.29, 0.717) is 30.1 Å². The number of esters is 1. The number of halogens is 1. The number of aryl methyl sites for hydroxylation is 1. The van der Waals surface area contributed by atoms with Gasteiger partial charge in [-0.2, -0.15) is 0 Å². The molecule has 0 spiro atoms. The molecule has 4 nitrogen and oxygen atoms in total. The Balaban J connectivity index is 1.69. The van der Waals surface area contributed by atoms with Gasteiger partial charge in [-0.25, -0.2) is 4.39 Å². The van der Waals surface area contributed by atoms with Crippen LogP contribution >= 0.6 is 0 Å². The molecule has 5 heteroatoms. The summed E-state index contributed by atoms with van der Waals surface area (Å²) in [6.45, 7) is 3.95. The molecule has 0 aliphatic rings. The lowest BCUT2D eigenvalue weighted by molar-refractivity contribution is -0.143. The molecular weight excluding hydrogens is 383 g/mol. The van der Waals surface area contributed by atoms with Crippen molar-refractivity contribution in [3.05, 3.63) is 89.7 Å². The minimum atomic E-state index is -0.468. The highest BCUT2D eigenvalue weighted by molar-refractivity contribution is 5.69. The fourth-order valence-electron chi connectivity index (χ4n) is 3.05. The van der Waals surface area contributed by atoms with Gasteiger partial charge in [-0.3, -0.25) is 4.79 Å². The molecule has 0 bridgehead atoms. The molecule has 0 aliphatic carbocycles. The van der Waals surface area contributed by atoms with Crippen LogP contribution in [0.25, 0.3) is 0 Å². The zero-order chi connectivity index (χ0) is 21.3. The number of hydrogen-bond acceptors (Lipinski definition) is 4. The van der Waals surface area contributed by atoms with E-state index in [1.807, 2.05) is 61.5 Å². The van der Waals surface area contributed by atoms with Crippen LogP contribution in [0.2, 0.25) is 0 Å². The van der Waals surface area contributed by atoms with E-state index in [1.165, 1.54) is 6.07 Å². The van der Waals surface area contributed by atoms with Crippen molar-refractivity contribution in [2.45, 2.75) is 32.8 Å². The van der Waals surface area contributed by atoms with E-state index in [9.17, 15) is 9.18 Å². The number of benzene rings is 3. The molecule has 0 amide bonds. The van der Waals surface area contributed by atoms with Gasteiger partial charge < -0.3 is 14.2 Å². The molecule has 30 heavy (non-hydrogen) atoms. The van der Waals surface area contributed by atoms with Gasteiger partial charge >= 0.3 is 5.97 Å². The summed E-state index contributed by atoms with van der Waals surface area (Å²) in [4.78, 5) is 11.5. The fraction of sp³-hybridized carbons (Fsp3) is 0.240. The molecule has 0 aromatic heterocycles. The topological polar surface area (TPSA) is 44.8 Å². The summed E-state index contributed by atoms with van der Waals surface area (Å²) < 4.78 is 31.3. The number of ether oxygens (including phenoxy) is 3. The first-order valence-electron chi connectivity index (χ1n) is 9.99. The highest BCUT2D eigenvalue weighted by Gasteiger charge is 2.16. The quantitative estimate of drug-likeness (QED) is 0.392. The summed E-state index contributed by atoms with van der Waals surface area (Å²) in [6.07, 6.45) is 0.206. The molecule has 1 unspecified atom stereocenters. The van der Waals surface area contributed by atoms with E-state index >= 15 is 0 Å². The molecule has 0 heterocycles. The Bertz CT molecular complexity index is 972. The Morgan fingerprint density at radius 2 is 1.70 bits per heavy atom. The first kappa shape index (κ1) is 21.4. The standard InChI is InChI=1S/C25H25FO4/c1-3-28-25(27)16-14-19-13-15-24(22(26)17-19)29-18(2)21-11-7-8-12-23(21)30-20-9-5-4-6-10-20/h4-13,15,17-18H,3,14,16H2,1-2H3. The zero-order valence-electron chi connectivity index (χ0n) is 17.1. The average Bonchev–Trinajstić information content (AvgIpc) is 2.75. The molecule has 0 saturated carbocycles. The first-order chi connectivity index (χ1) is 14.6. The van der Waals surface area contributed by atoms with Crippen molar-refractivity contribution < 1.29 is 23.4 Å². The van der Waals surface area contributed by atoms with E-state index in [-0.39, 0.29) is 18.1 Å². The normalized spacial score (nSPS) is 11.6. The third kappa shape index (κ3) is 5.83. The molecule has 1 atom stereocenters. The maximum atomic E-state index is 14.6. The number of para-hydroxylation sites is 2. The van der Waals surface area contributed by atoms with Crippen LogP contribution in [0, 0.1) is 5.82 Å². The lowest BCUT2D eigenvalue weighted by Gasteiger charge is -2.19. The molecule has 3 aromatic rings. The smallest absolute Gasteiger partial charge is 0.306 e. The largest absolute Gasteiger partial charge is 0.483 e. The number of carbonyl (C=O) groups is 1. The maximum Gasteiger partial charge on any atom is 0.306 e. The van der Waals surface area contributed by atoms with E-state index < -0.39 is 11.9 Å². The third-order valence-electron chi connectivity index (χ3n) is 4.55. The summed E-state index contributed by atoms with van der Waals surface area (Å²) in [5.41, 5.74) is 1.53. The molecule has 3 aromatic carbocycles. The highest BCUT2D eigenvalue weighted by Crippen LogP contribution is 2.33. The first-order valence-corrected chi connectivity index (χ1v) is 9.99. The SMILES string of the molecule is CCOC(=O)CCc1ccc(OC(C)c2ccccc2Oc2ccccc2)c(F)c1. The van der Waals surface area contributed by atoms with Crippen molar-refractivity contribution in [1.82, 2.24) is 0 Å². The predicted octanol–water partition coefficient (Wildman–Crippen LogP) is 6.25. The van der Waals surface area contributed by atoms with Gasteiger partial charge in [-0.05, 0) is 56.2 Å². The lowest BCUT2D eigenvalue weighted by Crippen LogP contribution is -2.07. The second-order valence-corrected chi connectivity index (χ2v) is 6.78. The Kier molecular flexibility index (Phi) is 7.44. The summed E-state index contributed by atoms with van der Waals surface area (Å²) >= 11 is 0. The summed E-state index contributed by atoms with van der Waals surface area (Å²) in [6, 6.07) is 21.7. The van der Waals surface area contributed by atoms with Crippen LogP contribution in [0.1, 0.15) is 37.5 Å². The number of carbonyl (C=O) groups excluding carboxylic acids is 1. The van der Waals surface area contributed by atoms with Crippen LogP contribution in [0.4, 0.5) is 4.39 Å². The van der Waals surface area contributed by atoms with Gasteiger partial charge in [0.05, 0.1) is 6.61 Å². The van der Waals surface area contributed by atoms with Gasteiger partial charge in [0, 0.05) is 12.0 Å². The molecule has 0 fully saturated rings. The van der Waals surface area contributed by atoms with Crippen molar-refractivity contribution in [2.75, 3.05) is 6.61 Å². The van der Waals surface area contributed by atoms with Crippen molar-refractivity contribution >= 4 is 5.97 Å². The van der Waals surface area contributed by atoms with Gasteiger partial charge in [-0.15, -0.1) is 0 Å². The van der Waals surface area contributed by atoms with E-state index in [1.54, 1.807) is 19.1 Å². The van der Waals surface area contributed by atoms with Gasteiger partial charge in [0.25, 0.3) is 0 Å². The van der Waals surface area contributed by atoms with Crippen LogP contribution < -0.4 is 9.47 Å². The van der Waals surface area contributed by atoms with Crippen LogP contribution in [0.5, 0.6) is 17.2 Å². The second-order valence-electron chi connectivity index (χ2n) is 6.78. The predicted molar refractivity (Wildman–Crippen MR) is 113 cm³/mol. The minimum Gasteiger partial charge on any atom is -0.483 e. The van der Waals surface area contributed by atoms with Crippen molar-refractivity contribution in [2.24, 2.45) is 0 Å². The molecular formula is C25H25FO4. The summed E-state index contributed by atoms with van der Waals surface area (Å²) in [5.74, 6) is 0.764. The van der Waals surface area contributed by atoms with Gasteiger partial charge in [-0.1, -0.05) is 42.5 Å². The average molecular weight is 408 g/mol. The van der Waals surface area contributed by atoms with Crippen LogP contribution in [-0.4, -0.2) is 12.6 Å². The van der Waals surface area contributed by atoms with E-state index in [4.69, 9.17) is 14.2 Å². The third-order valence-corrected chi connectivity index (χ3v) is 4.55. The number of rotatable bonds is 9. The fourth-order valence-corrected chi connectivity index (χ4v) is 3.05. The van der Waals surface area contributed by atoms with Crippen molar-refractivity contribution in [3.63, 3.8) is 0 Å². The van der Waals surface area contributed by atoms with Crippen LogP contribution in [0.15, 0.2) is 72.8 Å². The maximum absolute atomic E-state index is 14.6. The molecule has 0 radical (unpaired) electrons. The van der Waals surface area contributed by atoms with Crippen molar-refractivity contribution in [1.29, 1.82) is 0 Å².